The van der Waals surface area contributed by atoms with E-state index in [4.69, 9.17) is 10.0 Å². The Bertz CT molecular complexity index is 341. The highest BCUT2D eigenvalue weighted by Crippen LogP contribution is 2.05. The lowest BCUT2D eigenvalue weighted by atomic mass is 9.76. The molecule has 0 spiro atoms. The molecule has 0 fully saturated rings. The molecule has 1 aromatic rings. The molecule has 0 amide bonds. The number of carbonyl (C=O) groups is 1. The number of carbonyl (C=O) groups excluding carboxylic acids is 1. The first-order chi connectivity index (χ1) is 6.07. The Morgan fingerprint density at radius 2 is 1.77 bits per heavy atom. The second-order valence-corrected chi connectivity index (χ2v) is 2.35. The number of aldehydes is 1. The van der Waals surface area contributed by atoms with Gasteiger partial charge in [0.2, 0.25) is 0 Å². The van der Waals surface area contributed by atoms with Crippen LogP contribution in [0.1, 0.15) is 10.4 Å². The van der Waals surface area contributed by atoms with Crippen LogP contribution in [0.25, 0.3) is 0 Å². The summed E-state index contributed by atoms with van der Waals surface area (Å²) in [6, 6.07) is 1.46. The Kier molecular flexibility index (Phi) is 2.74. The highest BCUT2D eigenvalue weighted by Gasteiger charge is 2.23. The predicted octanol–water partition coefficient (Wildman–Crippen LogP) is -0.543. The molecule has 0 saturated carbocycles. The third kappa shape index (κ3) is 1.73. The van der Waals surface area contributed by atoms with Crippen LogP contribution in [-0.4, -0.2) is 23.5 Å². The smallest absolute Gasteiger partial charge is 0.423 e. The first-order valence-corrected chi connectivity index (χ1v) is 3.37. The van der Waals surface area contributed by atoms with Gasteiger partial charge in [0.05, 0.1) is 5.56 Å². The van der Waals surface area contributed by atoms with Crippen molar-refractivity contribution in [2.24, 2.45) is 0 Å². The molecule has 13 heavy (non-hydrogen) atoms. The predicted molar refractivity (Wildman–Crippen MR) is 41.6 cm³/mol. The van der Waals surface area contributed by atoms with Crippen molar-refractivity contribution in [3.05, 3.63) is 29.3 Å². The van der Waals surface area contributed by atoms with Gasteiger partial charge in [0.1, 0.15) is 11.6 Å². The Hall–Kier alpha value is -1.27. The zero-order chi connectivity index (χ0) is 10.0. The highest BCUT2D eigenvalue weighted by atomic mass is 19.1. The lowest BCUT2D eigenvalue weighted by Gasteiger charge is -2.05. The Balaban J connectivity index is 3.43. The monoisotopic (exact) mass is 186 g/mol. The maximum Gasteiger partial charge on any atom is 0.492 e. The quantitative estimate of drug-likeness (QED) is 0.481. The van der Waals surface area contributed by atoms with Gasteiger partial charge in [-0.05, 0) is 12.1 Å². The van der Waals surface area contributed by atoms with Crippen molar-refractivity contribution in [3.8, 4) is 0 Å². The number of halogens is 2. The summed E-state index contributed by atoms with van der Waals surface area (Å²) in [5.74, 6) is -2.02. The normalized spacial score (nSPS) is 9.85. The second kappa shape index (κ2) is 3.63. The van der Waals surface area contributed by atoms with Gasteiger partial charge in [-0.1, -0.05) is 0 Å². The molecule has 68 valence electrons. The minimum absolute atomic E-state index is 0.0349. The van der Waals surface area contributed by atoms with E-state index in [1.54, 1.807) is 0 Å². The SMILES string of the molecule is O=Cc1c(F)ccc(F)c1B(O)O. The van der Waals surface area contributed by atoms with Crippen molar-refractivity contribution in [2.75, 3.05) is 0 Å². The summed E-state index contributed by atoms with van der Waals surface area (Å²) >= 11 is 0. The Morgan fingerprint density at radius 3 is 2.15 bits per heavy atom. The van der Waals surface area contributed by atoms with E-state index in [0.29, 0.717) is 0 Å². The molecule has 2 N–H and O–H groups in total. The van der Waals surface area contributed by atoms with Crippen LogP contribution >= 0.6 is 0 Å². The van der Waals surface area contributed by atoms with E-state index in [0.717, 1.165) is 12.1 Å². The first-order valence-electron chi connectivity index (χ1n) is 3.37. The average molecular weight is 186 g/mol. The van der Waals surface area contributed by atoms with Crippen LogP contribution in [0.15, 0.2) is 12.1 Å². The van der Waals surface area contributed by atoms with Crippen LogP contribution in [0.2, 0.25) is 0 Å². The van der Waals surface area contributed by atoms with E-state index in [-0.39, 0.29) is 6.29 Å². The third-order valence-electron chi connectivity index (χ3n) is 1.56. The van der Waals surface area contributed by atoms with Gasteiger partial charge >= 0.3 is 7.12 Å². The Morgan fingerprint density at radius 1 is 1.23 bits per heavy atom. The molecule has 0 aliphatic rings. The van der Waals surface area contributed by atoms with Crippen LogP contribution < -0.4 is 5.46 Å². The standard InChI is InChI=1S/C7H5BF2O3/c9-5-1-2-6(10)7(8(12)13)4(5)3-11/h1-3,12-13H. The van der Waals surface area contributed by atoms with E-state index >= 15 is 0 Å². The van der Waals surface area contributed by atoms with Crippen LogP contribution in [0.4, 0.5) is 8.78 Å². The lowest BCUT2D eigenvalue weighted by Crippen LogP contribution is -2.36. The third-order valence-corrected chi connectivity index (χ3v) is 1.56. The molecule has 0 radical (unpaired) electrons. The molecule has 0 saturated heterocycles. The van der Waals surface area contributed by atoms with E-state index in [1.807, 2.05) is 0 Å². The second-order valence-electron chi connectivity index (χ2n) is 2.35. The zero-order valence-electron chi connectivity index (χ0n) is 6.37. The molecule has 1 aromatic carbocycles. The summed E-state index contributed by atoms with van der Waals surface area (Å²) in [6.07, 6.45) is 0.0349. The van der Waals surface area contributed by atoms with Gasteiger partial charge in [-0.15, -0.1) is 0 Å². The number of hydrogen-bond donors (Lipinski definition) is 2. The molecular formula is C7H5BF2O3. The van der Waals surface area contributed by atoms with Crippen LogP contribution in [0.5, 0.6) is 0 Å². The molecule has 6 heteroatoms. The molecule has 0 bridgehead atoms. The fraction of sp³-hybridized carbons (Fsp3) is 0. The van der Waals surface area contributed by atoms with Gasteiger partial charge < -0.3 is 10.0 Å². The molecule has 0 aliphatic heterocycles. The molecule has 0 aromatic heterocycles. The van der Waals surface area contributed by atoms with Gasteiger partial charge in [-0.25, -0.2) is 8.78 Å². The molecular weight excluding hydrogens is 181 g/mol. The summed E-state index contributed by atoms with van der Waals surface area (Å²) in [4.78, 5) is 10.3. The molecule has 0 atom stereocenters. The molecule has 1 rings (SSSR count). The minimum Gasteiger partial charge on any atom is -0.423 e. The molecule has 3 nitrogen and oxygen atoms in total. The van der Waals surface area contributed by atoms with Crippen molar-refractivity contribution < 1.29 is 23.6 Å². The fourth-order valence-corrected chi connectivity index (χ4v) is 0.965. The van der Waals surface area contributed by atoms with Gasteiger partial charge in [0, 0.05) is 5.46 Å². The zero-order valence-corrected chi connectivity index (χ0v) is 6.37. The van der Waals surface area contributed by atoms with E-state index in [9.17, 15) is 13.6 Å². The van der Waals surface area contributed by atoms with Crippen molar-refractivity contribution in [1.29, 1.82) is 0 Å². The van der Waals surface area contributed by atoms with Gasteiger partial charge in [0.15, 0.2) is 6.29 Å². The van der Waals surface area contributed by atoms with Crippen LogP contribution in [0.3, 0.4) is 0 Å². The van der Waals surface area contributed by atoms with E-state index in [2.05, 4.69) is 0 Å². The highest BCUT2D eigenvalue weighted by molar-refractivity contribution is 6.60. The molecule has 0 aliphatic carbocycles. The topological polar surface area (TPSA) is 57.5 Å². The van der Waals surface area contributed by atoms with Crippen molar-refractivity contribution in [1.82, 2.24) is 0 Å². The van der Waals surface area contributed by atoms with Crippen LogP contribution in [0, 0.1) is 11.6 Å². The van der Waals surface area contributed by atoms with Gasteiger partial charge in [-0.2, -0.15) is 0 Å². The molecule has 0 heterocycles. The van der Waals surface area contributed by atoms with Gasteiger partial charge in [0.25, 0.3) is 0 Å². The van der Waals surface area contributed by atoms with E-state index < -0.39 is 29.8 Å². The maximum atomic E-state index is 12.8. The largest absolute Gasteiger partial charge is 0.492 e. The summed E-state index contributed by atoms with van der Waals surface area (Å²) in [5, 5.41) is 17.3. The summed E-state index contributed by atoms with van der Waals surface area (Å²) in [5.41, 5.74) is -1.41. The lowest BCUT2D eigenvalue weighted by molar-refractivity contribution is 0.112. The van der Waals surface area contributed by atoms with Gasteiger partial charge in [-0.3, -0.25) is 4.79 Å². The van der Waals surface area contributed by atoms with E-state index in [1.165, 1.54) is 0 Å². The summed E-state index contributed by atoms with van der Waals surface area (Å²) in [6.45, 7) is 0. The minimum atomic E-state index is -2.20. The van der Waals surface area contributed by atoms with Crippen molar-refractivity contribution in [2.45, 2.75) is 0 Å². The van der Waals surface area contributed by atoms with Crippen molar-refractivity contribution in [3.63, 3.8) is 0 Å². The summed E-state index contributed by atoms with van der Waals surface area (Å²) in [7, 11) is -2.20. The average Bonchev–Trinajstić information content (AvgIpc) is 2.07. The number of hydrogen-bond acceptors (Lipinski definition) is 3. The Labute approximate surface area is 72.8 Å². The number of rotatable bonds is 2. The number of benzene rings is 1. The first kappa shape index (κ1) is 9.82. The maximum absolute atomic E-state index is 12.8. The van der Waals surface area contributed by atoms with Crippen molar-refractivity contribution >= 4 is 18.9 Å². The van der Waals surface area contributed by atoms with Crippen LogP contribution in [-0.2, 0) is 0 Å². The molecule has 0 unspecified atom stereocenters. The fourth-order valence-electron chi connectivity index (χ4n) is 0.965. The summed E-state index contributed by atoms with van der Waals surface area (Å²) < 4.78 is 25.6.